The van der Waals surface area contributed by atoms with E-state index in [1.165, 1.54) is 13.0 Å². The molecule has 0 spiro atoms. The summed E-state index contributed by atoms with van der Waals surface area (Å²) in [6, 6.07) is 4.88. The fourth-order valence-electron chi connectivity index (χ4n) is 2.64. The van der Waals surface area contributed by atoms with Crippen molar-refractivity contribution in [3.63, 3.8) is 0 Å². The molecule has 1 heterocycles. The average molecular weight is 291 g/mol. The smallest absolute Gasteiger partial charge is 0.293 e. The van der Waals surface area contributed by atoms with Crippen LogP contribution in [-0.4, -0.2) is 41.3 Å². The second kappa shape index (κ2) is 6.67. The number of piperidine rings is 1. The molecule has 1 fully saturated rings. The van der Waals surface area contributed by atoms with E-state index in [1.807, 2.05) is 0 Å². The highest BCUT2D eigenvalue weighted by atomic mass is 16.6. The lowest BCUT2D eigenvalue weighted by Gasteiger charge is -2.31. The number of carbonyl (C=O) groups is 1. The predicted molar refractivity (Wildman–Crippen MR) is 81.9 cm³/mol. The summed E-state index contributed by atoms with van der Waals surface area (Å²) in [5, 5.41) is 14.4. The van der Waals surface area contributed by atoms with Crippen molar-refractivity contribution in [3.8, 4) is 0 Å². The molecule has 21 heavy (non-hydrogen) atoms. The molecule has 6 nitrogen and oxygen atoms in total. The van der Waals surface area contributed by atoms with Gasteiger partial charge in [-0.2, -0.15) is 0 Å². The van der Waals surface area contributed by atoms with Gasteiger partial charge in [0.1, 0.15) is 5.69 Å². The summed E-state index contributed by atoms with van der Waals surface area (Å²) in [4.78, 5) is 24.5. The van der Waals surface area contributed by atoms with Crippen LogP contribution in [0.15, 0.2) is 18.2 Å². The van der Waals surface area contributed by atoms with Crippen LogP contribution < -0.4 is 5.32 Å². The normalized spacial score (nSPS) is 16.7. The second-order valence-corrected chi connectivity index (χ2v) is 5.40. The van der Waals surface area contributed by atoms with E-state index in [2.05, 4.69) is 17.1 Å². The van der Waals surface area contributed by atoms with Gasteiger partial charge >= 0.3 is 0 Å². The third-order valence-corrected chi connectivity index (χ3v) is 4.00. The molecule has 6 heteroatoms. The summed E-state index contributed by atoms with van der Waals surface area (Å²) in [6.07, 6.45) is 1.94. The summed E-state index contributed by atoms with van der Waals surface area (Å²) in [5.74, 6) is -0.166. The third kappa shape index (κ3) is 3.78. The molecule has 1 aliphatic rings. The van der Waals surface area contributed by atoms with Gasteiger partial charge in [0.15, 0.2) is 5.78 Å². The minimum absolute atomic E-state index is 0.0272. The highest BCUT2D eigenvalue weighted by Gasteiger charge is 2.22. The highest BCUT2D eigenvalue weighted by molar-refractivity contribution is 5.95. The molecule has 1 aliphatic heterocycles. The van der Waals surface area contributed by atoms with Crippen molar-refractivity contribution in [3.05, 3.63) is 33.9 Å². The van der Waals surface area contributed by atoms with Gasteiger partial charge in [-0.15, -0.1) is 0 Å². The number of nitro groups is 1. The number of benzene rings is 1. The number of anilines is 1. The summed E-state index contributed by atoms with van der Waals surface area (Å²) in [5.41, 5.74) is 0.841. The van der Waals surface area contributed by atoms with Crippen LogP contribution in [0.3, 0.4) is 0 Å². The lowest BCUT2D eigenvalue weighted by molar-refractivity contribution is -0.384. The molecule has 0 radical (unpaired) electrons. The molecule has 2 rings (SSSR count). The maximum atomic E-state index is 11.3. The van der Waals surface area contributed by atoms with E-state index in [-0.39, 0.29) is 17.5 Å². The minimum Gasteiger partial charge on any atom is -0.377 e. The van der Waals surface area contributed by atoms with Gasteiger partial charge < -0.3 is 10.2 Å². The van der Waals surface area contributed by atoms with Crippen LogP contribution in [0.5, 0.6) is 0 Å². The Morgan fingerprint density at radius 3 is 2.62 bits per heavy atom. The fraction of sp³-hybridized carbons (Fsp3) is 0.533. The van der Waals surface area contributed by atoms with Crippen molar-refractivity contribution >= 4 is 17.2 Å². The van der Waals surface area contributed by atoms with Crippen molar-refractivity contribution in [1.29, 1.82) is 0 Å². The van der Waals surface area contributed by atoms with E-state index < -0.39 is 4.92 Å². The van der Waals surface area contributed by atoms with Crippen molar-refractivity contribution in [2.24, 2.45) is 0 Å². The summed E-state index contributed by atoms with van der Waals surface area (Å²) >= 11 is 0. The SMILES string of the molecule is CCN1CCC(Nc2ccc(C(C)=O)cc2[N+](=O)[O-])CC1. The van der Waals surface area contributed by atoms with Crippen molar-refractivity contribution in [2.75, 3.05) is 25.0 Å². The molecule has 0 amide bonds. The molecule has 1 saturated heterocycles. The first kappa shape index (κ1) is 15.4. The first-order valence-corrected chi connectivity index (χ1v) is 7.29. The zero-order valence-corrected chi connectivity index (χ0v) is 12.5. The van der Waals surface area contributed by atoms with Gasteiger partial charge in [0.05, 0.1) is 4.92 Å². The Labute approximate surface area is 124 Å². The maximum absolute atomic E-state index is 11.3. The first-order chi connectivity index (χ1) is 10.0. The van der Waals surface area contributed by atoms with Crippen molar-refractivity contribution in [2.45, 2.75) is 32.7 Å². The van der Waals surface area contributed by atoms with E-state index in [1.54, 1.807) is 12.1 Å². The van der Waals surface area contributed by atoms with Gasteiger partial charge in [0.2, 0.25) is 0 Å². The average Bonchev–Trinajstić information content (AvgIpc) is 2.48. The zero-order chi connectivity index (χ0) is 15.4. The number of hydrogen-bond acceptors (Lipinski definition) is 5. The molecule has 0 unspecified atom stereocenters. The molecule has 1 aromatic carbocycles. The number of nitrogens with zero attached hydrogens (tertiary/aromatic N) is 2. The summed E-state index contributed by atoms with van der Waals surface area (Å²) in [7, 11) is 0. The molecule has 1 aromatic rings. The van der Waals surface area contributed by atoms with Gasteiger partial charge in [-0.3, -0.25) is 14.9 Å². The Bertz CT molecular complexity index is 537. The number of likely N-dealkylation sites (tertiary alicyclic amines) is 1. The van der Waals surface area contributed by atoms with Crippen LogP contribution >= 0.6 is 0 Å². The maximum Gasteiger partial charge on any atom is 0.293 e. The predicted octanol–water partition coefficient (Wildman–Crippen LogP) is 2.69. The van der Waals surface area contributed by atoms with Crippen LogP contribution in [0.2, 0.25) is 0 Å². The number of nitrogens with one attached hydrogen (secondary N) is 1. The Morgan fingerprint density at radius 2 is 2.10 bits per heavy atom. The number of carbonyl (C=O) groups excluding carboxylic acids is 1. The Kier molecular flexibility index (Phi) is 4.90. The van der Waals surface area contributed by atoms with Gasteiger partial charge in [-0.1, -0.05) is 6.92 Å². The van der Waals surface area contributed by atoms with E-state index >= 15 is 0 Å². The van der Waals surface area contributed by atoms with E-state index in [4.69, 9.17) is 0 Å². The van der Waals surface area contributed by atoms with Crippen molar-refractivity contribution < 1.29 is 9.72 Å². The number of hydrogen-bond donors (Lipinski definition) is 1. The van der Waals surface area contributed by atoms with E-state index in [0.29, 0.717) is 11.3 Å². The van der Waals surface area contributed by atoms with Crippen LogP contribution in [0.25, 0.3) is 0 Å². The highest BCUT2D eigenvalue weighted by Crippen LogP contribution is 2.28. The lowest BCUT2D eigenvalue weighted by Crippen LogP contribution is -2.38. The number of ketones is 1. The molecule has 0 aliphatic carbocycles. The number of nitro benzene ring substituents is 1. The van der Waals surface area contributed by atoms with Gasteiger partial charge in [0.25, 0.3) is 5.69 Å². The Morgan fingerprint density at radius 1 is 1.43 bits per heavy atom. The Balaban J connectivity index is 2.13. The monoisotopic (exact) mass is 291 g/mol. The molecule has 0 aromatic heterocycles. The van der Waals surface area contributed by atoms with Crippen molar-refractivity contribution in [1.82, 2.24) is 4.90 Å². The topological polar surface area (TPSA) is 75.5 Å². The van der Waals surface area contributed by atoms with Crippen LogP contribution in [0.1, 0.15) is 37.0 Å². The molecule has 1 N–H and O–H groups in total. The largest absolute Gasteiger partial charge is 0.377 e. The standard InChI is InChI=1S/C15H21N3O3/c1-3-17-8-6-13(7-9-17)16-14-5-4-12(11(2)19)10-15(14)18(20)21/h4-5,10,13,16H,3,6-9H2,1-2H3. The van der Waals surface area contributed by atoms with Crippen LogP contribution in [0.4, 0.5) is 11.4 Å². The van der Waals surface area contributed by atoms with Gasteiger partial charge in [-0.25, -0.2) is 0 Å². The molecular formula is C15H21N3O3. The first-order valence-electron chi connectivity index (χ1n) is 7.29. The zero-order valence-electron chi connectivity index (χ0n) is 12.5. The summed E-state index contributed by atoms with van der Waals surface area (Å²) in [6.45, 7) is 6.60. The fourth-order valence-corrected chi connectivity index (χ4v) is 2.64. The summed E-state index contributed by atoms with van der Waals surface area (Å²) < 4.78 is 0. The van der Waals surface area contributed by atoms with Gasteiger partial charge in [-0.05, 0) is 38.4 Å². The molecule has 0 bridgehead atoms. The lowest BCUT2D eigenvalue weighted by atomic mass is 10.0. The minimum atomic E-state index is -0.435. The molecule has 0 saturated carbocycles. The number of Topliss-reactive ketones (excluding diaryl/α,β-unsaturated/α-hetero) is 1. The second-order valence-electron chi connectivity index (χ2n) is 5.40. The third-order valence-electron chi connectivity index (χ3n) is 4.00. The van der Waals surface area contributed by atoms with Crippen LogP contribution in [-0.2, 0) is 0 Å². The quantitative estimate of drug-likeness (QED) is 0.513. The molecular weight excluding hydrogens is 270 g/mol. The number of rotatable bonds is 5. The van der Waals surface area contributed by atoms with Crippen LogP contribution in [0, 0.1) is 10.1 Å². The molecule has 114 valence electrons. The Hall–Kier alpha value is -1.95. The van der Waals surface area contributed by atoms with Gasteiger partial charge in [0, 0.05) is 30.8 Å². The van der Waals surface area contributed by atoms with E-state index in [0.717, 1.165) is 32.5 Å². The van der Waals surface area contributed by atoms with E-state index in [9.17, 15) is 14.9 Å². The molecule has 0 atom stereocenters.